The van der Waals surface area contributed by atoms with E-state index in [4.69, 9.17) is 9.26 Å². The number of nitro groups is 1. The molecule has 1 heterocycles. The van der Waals surface area contributed by atoms with E-state index < -0.39 is 39.9 Å². The molecule has 0 spiro atoms. The Morgan fingerprint density at radius 2 is 1.93 bits per heavy atom. The number of carbonyl (C=O) groups excluding carboxylic acids is 1. The number of nitro benzene ring substituents is 1. The minimum Gasteiger partial charge on any atom is -0.449 e. The van der Waals surface area contributed by atoms with Gasteiger partial charge < -0.3 is 9.26 Å². The van der Waals surface area contributed by atoms with E-state index in [0.29, 0.717) is 11.1 Å². The van der Waals surface area contributed by atoms with Gasteiger partial charge in [-0.25, -0.2) is 13.6 Å². The molecule has 0 aliphatic heterocycles. The van der Waals surface area contributed by atoms with Gasteiger partial charge in [0.15, 0.2) is 6.10 Å². The fraction of sp³-hybridized carbons (Fsp3) is 0.211. The minimum atomic E-state index is -1.12. The number of rotatable bonds is 5. The Bertz CT molecular complexity index is 1110. The van der Waals surface area contributed by atoms with Gasteiger partial charge in [0, 0.05) is 17.7 Å². The molecular formula is C19H15F2N3O5. The number of non-ortho nitro benzene ring substituents is 1. The standard InChI is InChI=1S/C19H15F2N3O5/c1-9-4-5-12(7-15(9)20)17-22-18(29-23-17)11(3)28-19(25)14-8-13(24(26)27)6-10(2)16(14)21/h4-8,11H,1-3H3/t11-/m0/s1. The zero-order valence-corrected chi connectivity index (χ0v) is 15.6. The average Bonchev–Trinajstić information content (AvgIpc) is 3.16. The Hall–Kier alpha value is -3.69. The van der Waals surface area contributed by atoms with E-state index in [-0.39, 0.29) is 17.3 Å². The lowest BCUT2D eigenvalue weighted by atomic mass is 10.1. The second-order valence-corrected chi connectivity index (χ2v) is 6.35. The van der Waals surface area contributed by atoms with Crippen LogP contribution < -0.4 is 0 Å². The molecule has 1 aromatic heterocycles. The van der Waals surface area contributed by atoms with Gasteiger partial charge in [0.25, 0.3) is 11.6 Å². The van der Waals surface area contributed by atoms with E-state index in [1.54, 1.807) is 19.1 Å². The Morgan fingerprint density at radius 3 is 2.59 bits per heavy atom. The van der Waals surface area contributed by atoms with Crippen LogP contribution in [0.3, 0.4) is 0 Å². The lowest BCUT2D eigenvalue weighted by Gasteiger charge is -2.10. The molecule has 0 amide bonds. The number of benzene rings is 2. The van der Waals surface area contributed by atoms with Crippen molar-refractivity contribution in [3.05, 3.63) is 74.7 Å². The molecule has 3 aromatic rings. The number of hydrogen-bond donors (Lipinski definition) is 0. The van der Waals surface area contributed by atoms with Crippen molar-refractivity contribution in [2.45, 2.75) is 26.9 Å². The molecule has 0 saturated carbocycles. The second kappa shape index (κ2) is 7.74. The maximum absolute atomic E-state index is 14.2. The van der Waals surface area contributed by atoms with E-state index in [1.165, 1.54) is 19.9 Å². The van der Waals surface area contributed by atoms with Crippen LogP contribution in [0.1, 0.15) is 40.4 Å². The van der Waals surface area contributed by atoms with E-state index >= 15 is 0 Å². The molecular weight excluding hydrogens is 388 g/mol. The van der Waals surface area contributed by atoms with Gasteiger partial charge >= 0.3 is 5.97 Å². The van der Waals surface area contributed by atoms with Crippen molar-refractivity contribution in [3.63, 3.8) is 0 Å². The number of nitrogens with zero attached hydrogens (tertiary/aromatic N) is 3. The zero-order chi connectivity index (χ0) is 21.3. The molecule has 29 heavy (non-hydrogen) atoms. The topological polar surface area (TPSA) is 108 Å². The molecule has 0 N–H and O–H groups in total. The van der Waals surface area contributed by atoms with Gasteiger partial charge in [0.05, 0.1) is 4.92 Å². The van der Waals surface area contributed by atoms with Gasteiger partial charge in [0.1, 0.15) is 17.2 Å². The summed E-state index contributed by atoms with van der Waals surface area (Å²) in [5, 5.41) is 14.7. The number of ether oxygens (including phenoxy) is 1. The molecule has 0 radical (unpaired) electrons. The van der Waals surface area contributed by atoms with Gasteiger partial charge in [-0.1, -0.05) is 17.3 Å². The summed E-state index contributed by atoms with van der Waals surface area (Å²) < 4.78 is 38.1. The lowest BCUT2D eigenvalue weighted by Crippen LogP contribution is -2.12. The largest absolute Gasteiger partial charge is 0.449 e. The molecule has 0 aliphatic carbocycles. The minimum absolute atomic E-state index is 0.0692. The third-order valence-corrected chi connectivity index (χ3v) is 4.17. The van der Waals surface area contributed by atoms with Gasteiger partial charge in [-0.3, -0.25) is 10.1 Å². The number of aromatic nitrogens is 2. The molecule has 8 nitrogen and oxygen atoms in total. The summed E-state index contributed by atoms with van der Waals surface area (Å²) in [6.45, 7) is 4.32. The first-order valence-corrected chi connectivity index (χ1v) is 8.43. The summed E-state index contributed by atoms with van der Waals surface area (Å²) in [4.78, 5) is 26.6. The number of carbonyl (C=O) groups is 1. The Morgan fingerprint density at radius 1 is 1.21 bits per heavy atom. The van der Waals surface area contributed by atoms with E-state index in [0.717, 1.165) is 12.1 Å². The van der Waals surface area contributed by atoms with E-state index in [2.05, 4.69) is 10.1 Å². The Labute approximate surface area is 163 Å². The van der Waals surface area contributed by atoms with Crippen LogP contribution in [0.25, 0.3) is 11.4 Å². The van der Waals surface area contributed by atoms with Crippen LogP contribution in [-0.2, 0) is 4.74 Å². The fourth-order valence-electron chi connectivity index (χ4n) is 2.53. The SMILES string of the molecule is Cc1ccc(-c2noc([C@H](C)OC(=O)c3cc([N+](=O)[O-])cc(C)c3F)n2)cc1F. The monoisotopic (exact) mass is 403 g/mol. The van der Waals surface area contributed by atoms with Gasteiger partial charge in [0.2, 0.25) is 5.82 Å². The van der Waals surface area contributed by atoms with Crippen molar-refractivity contribution < 1.29 is 27.8 Å². The molecule has 0 unspecified atom stereocenters. The van der Waals surface area contributed by atoms with Crippen molar-refractivity contribution in [2.24, 2.45) is 0 Å². The van der Waals surface area contributed by atoms with Crippen LogP contribution in [-0.4, -0.2) is 21.0 Å². The van der Waals surface area contributed by atoms with Crippen molar-refractivity contribution in [1.82, 2.24) is 10.1 Å². The second-order valence-electron chi connectivity index (χ2n) is 6.35. The average molecular weight is 403 g/mol. The van der Waals surface area contributed by atoms with Gasteiger partial charge in [-0.05, 0) is 38.0 Å². The highest BCUT2D eigenvalue weighted by Gasteiger charge is 2.25. The first kappa shape index (κ1) is 20.1. The van der Waals surface area contributed by atoms with Crippen LogP contribution >= 0.6 is 0 Å². The van der Waals surface area contributed by atoms with Crippen molar-refractivity contribution in [2.75, 3.05) is 0 Å². The lowest BCUT2D eigenvalue weighted by molar-refractivity contribution is -0.385. The number of aryl methyl sites for hydroxylation is 2. The maximum Gasteiger partial charge on any atom is 0.342 e. The number of hydrogen-bond acceptors (Lipinski definition) is 7. The Kier molecular flexibility index (Phi) is 5.35. The summed E-state index contributed by atoms with van der Waals surface area (Å²) in [6, 6.07) is 6.21. The maximum atomic E-state index is 14.2. The number of halogens is 2. The third-order valence-electron chi connectivity index (χ3n) is 4.17. The van der Waals surface area contributed by atoms with Gasteiger partial charge in [-0.2, -0.15) is 4.98 Å². The molecule has 150 valence electrons. The summed E-state index contributed by atoms with van der Waals surface area (Å²) in [5.74, 6) is -2.50. The van der Waals surface area contributed by atoms with Crippen molar-refractivity contribution in [3.8, 4) is 11.4 Å². The summed E-state index contributed by atoms with van der Waals surface area (Å²) >= 11 is 0. The van der Waals surface area contributed by atoms with Crippen LogP contribution in [0.2, 0.25) is 0 Å². The molecule has 0 aliphatic rings. The summed E-state index contributed by atoms with van der Waals surface area (Å²) in [7, 11) is 0. The van der Waals surface area contributed by atoms with Crippen LogP contribution in [0.5, 0.6) is 0 Å². The first-order chi connectivity index (χ1) is 13.7. The molecule has 0 saturated heterocycles. The van der Waals surface area contributed by atoms with Crippen LogP contribution in [0.4, 0.5) is 14.5 Å². The predicted octanol–water partition coefficient (Wildman–Crippen LogP) is 4.46. The molecule has 0 fully saturated rings. The van der Waals surface area contributed by atoms with Crippen molar-refractivity contribution >= 4 is 11.7 Å². The van der Waals surface area contributed by atoms with E-state index in [1.807, 2.05) is 0 Å². The highest BCUT2D eigenvalue weighted by Crippen LogP contribution is 2.26. The third kappa shape index (κ3) is 4.10. The van der Waals surface area contributed by atoms with Crippen molar-refractivity contribution in [1.29, 1.82) is 0 Å². The zero-order valence-electron chi connectivity index (χ0n) is 15.6. The van der Waals surface area contributed by atoms with Crippen LogP contribution in [0, 0.1) is 35.6 Å². The number of esters is 1. The summed E-state index contributed by atoms with van der Waals surface area (Å²) in [6.07, 6.45) is -1.07. The van der Waals surface area contributed by atoms with Gasteiger partial charge in [-0.15, -0.1) is 0 Å². The highest BCUT2D eigenvalue weighted by atomic mass is 19.1. The molecule has 1 atom stereocenters. The smallest absolute Gasteiger partial charge is 0.342 e. The molecule has 2 aromatic carbocycles. The molecule has 10 heteroatoms. The van der Waals surface area contributed by atoms with E-state index in [9.17, 15) is 23.7 Å². The fourth-order valence-corrected chi connectivity index (χ4v) is 2.53. The molecule has 0 bridgehead atoms. The first-order valence-electron chi connectivity index (χ1n) is 8.43. The normalized spacial score (nSPS) is 11.9. The quantitative estimate of drug-likeness (QED) is 0.351. The predicted molar refractivity (Wildman–Crippen MR) is 96.1 cm³/mol. The Balaban J connectivity index is 1.81. The highest BCUT2D eigenvalue weighted by molar-refractivity contribution is 5.91. The molecule has 3 rings (SSSR count). The van der Waals surface area contributed by atoms with Crippen LogP contribution in [0.15, 0.2) is 34.9 Å². The summed E-state index contributed by atoms with van der Waals surface area (Å²) in [5.41, 5.74) is -0.273.